The molecule has 0 aromatic heterocycles. The molecule has 0 aliphatic carbocycles. The lowest BCUT2D eigenvalue weighted by Gasteiger charge is -2.33. The van der Waals surface area contributed by atoms with Gasteiger partial charge >= 0.3 is 12.1 Å². The maximum atomic E-state index is 15.1. The first kappa shape index (κ1) is 31.7. The molecule has 13 heteroatoms. The van der Waals surface area contributed by atoms with Crippen molar-refractivity contribution in [2.24, 2.45) is 0 Å². The van der Waals surface area contributed by atoms with Gasteiger partial charge in [-0.2, -0.15) is 18.4 Å². The molecule has 0 bridgehead atoms. The summed E-state index contributed by atoms with van der Waals surface area (Å²) >= 11 is 4.49. The van der Waals surface area contributed by atoms with E-state index in [1.807, 2.05) is 0 Å². The van der Waals surface area contributed by atoms with Gasteiger partial charge in [0.25, 0.3) is 11.8 Å². The molecule has 2 aromatic rings. The van der Waals surface area contributed by atoms with Crippen LogP contribution in [-0.2, 0) is 20.5 Å². The third kappa shape index (κ3) is 6.93. The molecule has 1 fully saturated rings. The van der Waals surface area contributed by atoms with Gasteiger partial charge in [0.05, 0.1) is 29.4 Å². The maximum absolute atomic E-state index is 15.1. The molecule has 41 heavy (non-hydrogen) atoms. The number of amides is 2. The SMILES string of the molecule is CCOC(=O)CCCCCNC(=O)c1ccc(N2C(S)N(c3ccc(C#N)c(C(F)(F)F)c3)C(=O)C2(C)C)cc1F. The van der Waals surface area contributed by atoms with E-state index in [0.717, 1.165) is 17.0 Å². The van der Waals surface area contributed by atoms with Gasteiger partial charge in [-0.1, -0.05) is 6.42 Å². The summed E-state index contributed by atoms with van der Waals surface area (Å²) in [6.45, 7) is 5.36. The van der Waals surface area contributed by atoms with Gasteiger partial charge in [0.15, 0.2) is 5.50 Å². The number of alkyl halides is 3. The third-order valence-electron chi connectivity index (χ3n) is 6.64. The highest BCUT2D eigenvalue weighted by atomic mass is 32.1. The Bertz CT molecular complexity index is 1360. The topological polar surface area (TPSA) is 103 Å². The first-order valence-electron chi connectivity index (χ1n) is 12.9. The molecule has 1 saturated heterocycles. The summed E-state index contributed by atoms with van der Waals surface area (Å²) in [5.74, 6) is -2.38. The predicted octanol–water partition coefficient (Wildman–Crippen LogP) is 5.41. The summed E-state index contributed by atoms with van der Waals surface area (Å²) in [6.07, 6.45) is -2.69. The molecule has 1 atom stereocenters. The van der Waals surface area contributed by atoms with Crippen LogP contribution in [0.15, 0.2) is 36.4 Å². The molecule has 3 rings (SSSR count). The second kappa shape index (κ2) is 12.8. The number of nitriles is 1. The normalized spacial score (nSPS) is 16.5. The minimum atomic E-state index is -4.83. The largest absolute Gasteiger partial charge is 0.466 e. The zero-order valence-electron chi connectivity index (χ0n) is 22.7. The summed E-state index contributed by atoms with van der Waals surface area (Å²) in [4.78, 5) is 39.7. The Kier molecular flexibility index (Phi) is 9.91. The first-order valence-corrected chi connectivity index (χ1v) is 13.4. The minimum absolute atomic E-state index is 0.129. The van der Waals surface area contributed by atoms with E-state index in [0.29, 0.717) is 31.9 Å². The molecule has 220 valence electrons. The molecule has 8 nitrogen and oxygen atoms in total. The number of nitrogens with zero attached hydrogens (tertiary/aromatic N) is 3. The number of rotatable bonds is 10. The average Bonchev–Trinajstić information content (AvgIpc) is 3.08. The Labute approximate surface area is 240 Å². The summed E-state index contributed by atoms with van der Waals surface area (Å²) < 4.78 is 60.6. The highest BCUT2D eigenvalue weighted by Gasteiger charge is 2.51. The van der Waals surface area contributed by atoms with Crippen LogP contribution in [0.2, 0.25) is 0 Å². The monoisotopic (exact) mass is 594 g/mol. The second-order valence-corrected chi connectivity index (χ2v) is 10.3. The van der Waals surface area contributed by atoms with Gasteiger partial charge in [0.2, 0.25) is 0 Å². The number of hydrogen-bond acceptors (Lipinski definition) is 7. The average molecular weight is 595 g/mol. The quantitative estimate of drug-likeness (QED) is 0.165. The Hall–Kier alpha value is -3.79. The molecule has 1 heterocycles. The highest BCUT2D eigenvalue weighted by Crippen LogP contribution is 2.42. The minimum Gasteiger partial charge on any atom is -0.466 e. The molecule has 2 amide bonds. The van der Waals surface area contributed by atoms with Crippen LogP contribution in [0.4, 0.5) is 28.9 Å². The molecule has 1 unspecified atom stereocenters. The number of esters is 1. The Morgan fingerprint density at radius 2 is 1.80 bits per heavy atom. The predicted molar refractivity (Wildman–Crippen MR) is 147 cm³/mol. The number of ether oxygens (including phenoxy) is 1. The van der Waals surface area contributed by atoms with Gasteiger partial charge in [0, 0.05) is 24.3 Å². The van der Waals surface area contributed by atoms with Crippen molar-refractivity contribution in [2.75, 3.05) is 23.0 Å². The fourth-order valence-corrected chi connectivity index (χ4v) is 5.23. The van der Waals surface area contributed by atoms with Crippen LogP contribution >= 0.6 is 12.6 Å². The first-order chi connectivity index (χ1) is 19.2. The smallest absolute Gasteiger partial charge is 0.417 e. The van der Waals surface area contributed by atoms with Gasteiger partial charge in [-0.3, -0.25) is 19.3 Å². The van der Waals surface area contributed by atoms with E-state index in [4.69, 9.17) is 10.00 Å². The summed E-state index contributed by atoms with van der Waals surface area (Å²) in [7, 11) is 0. The number of benzene rings is 2. The zero-order valence-corrected chi connectivity index (χ0v) is 23.6. The van der Waals surface area contributed by atoms with Gasteiger partial charge in [-0.15, -0.1) is 12.6 Å². The van der Waals surface area contributed by atoms with E-state index in [-0.39, 0.29) is 35.9 Å². The summed E-state index contributed by atoms with van der Waals surface area (Å²) in [6, 6.07) is 8.17. The van der Waals surface area contributed by atoms with Crippen LogP contribution in [-0.4, -0.2) is 42.0 Å². The van der Waals surface area contributed by atoms with Crippen molar-refractivity contribution < 1.29 is 36.7 Å². The van der Waals surface area contributed by atoms with Crippen LogP contribution in [0.5, 0.6) is 0 Å². The zero-order chi connectivity index (χ0) is 30.5. The van der Waals surface area contributed by atoms with Gasteiger partial charge in [0.1, 0.15) is 11.4 Å². The fourth-order valence-electron chi connectivity index (χ4n) is 4.57. The molecule has 0 radical (unpaired) electrons. The number of hydrogen-bond donors (Lipinski definition) is 2. The molecular formula is C28H30F4N4O4S. The van der Waals surface area contributed by atoms with E-state index in [9.17, 15) is 27.6 Å². The lowest BCUT2D eigenvalue weighted by molar-refractivity contribution is -0.143. The molecular weight excluding hydrogens is 564 g/mol. The van der Waals surface area contributed by atoms with Crippen LogP contribution in [0.25, 0.3) is 0 Å². The Morgan fingerprint density at radius 1 is 1.12 bits per heavy atom. The molecule has 1 aliphatic heterocycles. The summed E-state index contributed by atoms with van der Waals surface area (Å²) in [5.41, 5.74) is -4.43. The Morgan fingerprint density at radius 3 is 2.41 bits per heavy atom. The third-order valence-corrected chi connectivity index (χ3v) is 7.10. The molecule has 2 aromatic carbocycles. The molecule has 0 spiro atoms. The maximum Gasteiger partial charge on any atom is 0.417 e. The van der Waals surface area contributed by atoms with Crippen molar-refractivity contribution in [3.63, 3.8) is 0 Å². The van der Waals surface area contributed by atoms with Crippen molar-refractivity contribution in [1.29, 1.82) is 5.26 Å². The standard InChI is InChI=1S/C28H30F4N4O4S/c1-4-40-23(37)8-6-5-7-13-34-24(38)20-12-11-19(15-22(20)29)36-26(41)35(25(39)27(36,2)3)18-10-9-17(16-33)21(14-18)28(30,31)32/h9-12,14-15,26,41H,4-8,13H2,1-3H3,(H,34,38). The van der Waals surface area contributed by atoms with E-state index >= 15 is 4.39 Å². The molecule has 0 saturated carbocycles. The van der Waals surface area contributed by atoms with Crippen LogP contribution in [0, 0.1) is 17.1 Å². The number of nitrogens with one attached hydrogen (secondary N) is 1. The van der Waals surface area contributed by atoms with Crippen LogP contribution < -0.4 is 15.1 Å². The second-order valence-electron chi connectivity index (χ2n) is 9.83. The van der Waals surface area contributed by atoms with Crippen LogP contribution in [0.3, 0.4) is 0 Å². The lowest BCUT2D eigenvalue weighted by Crippen LogP contribution is -2.45. The van der Waals surface area contributed by atoms with Gasteiger partial charge < -0.3 is 15.0 Å². The van der Waals surface area contributed by atoms with Crippen molar-refractivity contribution in [2.45, 2.75) is 63.7 Å². The molecule has 1 aliphatic rings. The van der Waals surface area contributed by atoms with Crippen molar-refractivity contribution in [3.05, 3.63) is 58.9 Å². The fraction of sp³-hybridized carbons (Fsp3) is 0.429. The number of thiol groups is 1. The molecule has 1 N–H and O–H groups in total. The van der Waals surface area contributed by atoms with Crippen molar-refractivity contribution in [3.8, 4) is 6.07 Å². The van der Waals surface area contributed by atoms with E-state index in [1.54, 1.807) is 6.92 Å². The number of halogens is 4. The number of anilines is 2. The van der Waals surface area contributed by atoms with Crippen LogP contribution in [0.1, 0.15) is 67.9 Å². The van der Waals surface area contributed by atoms with E-state index in [1.165, 1.54) is 43.0 Å². The van der Waals surface area contributed by atoms with Crippen molar-refractivity contribution >= 4 is 41.8 Å². The van der Waals surface area contributed by atoms with Gasteiger partial charge in [-0.05, 0) is 70.0 Å². The van der Waals surface area contributed by atoms with E-state index in [2.05, 4.69) is 17.9 Å². The number of carbonyl (C=O) groups is 3. The highest BCUT2D eigenvalue weighted by molar-refractivity contribution is 7.81. The Balaban J connectivity index is 1.75. The number of carbonyl (C=O) groups excluding carboxylic acids is 3. The van der Waals surface area contributed by atoms with E-state index < -0.39 is 46.0 Å². The van der Waals surface area contributed by atoms with Crippen molar-refractivity contribution in [1.82, 2.24) is 5.32 Å². The van der Waals surface area contributed by atoms with Gasteiger partial charge in [-0.25, -0.2) is 4.39 Å². The lowest BCUT2D eigenvalue weighted by atomic mass is 10.0. The summed E-state index contributed by atoms with van der Waals surface area (Å²) in [5, 5.41) is 11.7. The number of unbranched alkanes of at least 4 members (excludes halogenated alkanes) is 2.